The third-order valence-corrected chi connectivity index (χ3v) is 4.37. The van der Waals surface area contributed by atoms with Gasteiger partial charge in [0.25, 0.3) is 0 Å². The highest BCUT2D eigenvalue weighted by molar-refractivity contribution is 9.10. The third-order valence-electron chi connectivity index (χ3n) is 2.57. The molecule has 1 aliphatic rings. The number of halogens is 2. The molecule has 0 amide bonds. The van der Waals surface area contributed by atoms with Crippen molar-refractivity contribution < 1.29 is 0 Å². The molecule has 2 rings (SSSR count). The molecule has 0 bridgehead atoms. The molecule has 0 unspecified atom stereocenters. The van der Waals surface area contributed by atoms with Gasteiger partial charge < -0.3 is 5.73 Å². The van der Waals surface area contributed by atoms with Gasteiger partial charge in [0.1, 0.15) is 0 Å². The number of nitrogens with two attached hydrogens (primary N) is 1. The molecule has 1 atom stereocenters. The summed E-state index contributed by atoms with van der Waals surface area (Å²) in [6.07, 6.45) is 4.00. The lowest BCUT2D eigenvalue weighted by Gasteiger charge is -2.30. The van der Waals surface area contributed by atoms with Crippen LogP contribution in [-0.4, -0.2) is 0 Å². The van der Waals surface area contributed by atoms with E-state index in [9.17, 15) is 0 Å². The second kappa shape index (κ2) is 4.78. The Balaban J connectivity index is 0.000000845. The van der Waals surface area contributed by atoms with Gasteiger partial charge in [0, 0.05) is 20.8 Å². The number of hydrogen-bond donors (Lipinski definition) is 1. The Labute approximate surface area is 97.3 Å². The van der Waals surface area contributed by atoms with Gasteiger partial charge in [-0.2, -0.15) is 0 Å². The molecule has 4 heteroatoms. The molecule has 1 fully saturated rings. The summed E-state index contributed by atoms with van der Waals surface area (Å²) in [6.45, 7) is 0. The smallest absolute Gasteiger partial charge is 0.0418 e. The minimum atomic E-state index is 0. The van der Waals surface area contributed by atoms with Crippen molar-refractivity contribution in [3.63, 3.8) is 0 Å². The maximum absolute atomic E-state index is 6.10. The molecule has 0 saturated heterocycles. The van der Waals surface area contributed by atoms with E-state index < -0.39 is 0 Å². The van der Waals surface area contributed by atoms with Crippen molar-refractivity contribution >= 4 is 39.7 Å². The summed E-state index contributed by atoms with van der Waals surface area (Å²) < 4.78 is 1.16. The second-order valence-electron chi connectivity index (χ2n) is 3.38. The van der Waals surface area contributed by atoms with Gasteiger partial charge in [-0.25, -0.2) is 0 Å². The standard InChI is InChI=1S/C9H12BrNS.ClH/c10-7-4-8(12-5-7)9(11)6-2-1-3-6;/h4-6,9H,1-3,11H2;1H/t9-;/m1./s1. The largest absolute Gasteiger partial charge is 0.323 e. The SMILES string of the molecule is Cl.N[C@@H](c1cc(Br)cs1)C1CCC1. The average molecular weight is 283 g/mol. The summed E-state index contributed by atoms with van der Waals surface area (Å²) in [4.78, 5) is 1.33. The minimum Gasteiger partial charge on any atom is -0.323 e. The van der Waals surface area contributed by atoms with Crippen LogP contribution in [0.3, 0.4) is 0 Å². The van der Waals surface area contributed by atoms with E-state index in [0.29, 0.717) is 0 Å². The van der Waals surface area contributed by atoms with Crippen molar-refractivity contribution in [1.29, 1.82) is 0 Å². The Hall–Kier alpha value is 0.430. The van der Waals surface area contributed by atoms with Gasteiger partial charge in [0.05, 0.1) is 0 Å². The summed E-state index contributed by atoms with van der Waals surface area (Å²) >= 11 is 5.21. The zero-order valence-corrected chi connectivity index (χ0v) is 10.4. The van der Waals surface area contributed by atoms with Crippen LogP contribution in [0.4, 0.5) is 0 Å². The van der Waals surface area contributed by atoms with E-state index in [1.165, 1.54) is 24.1 Å². The summed E-state index contributed by atoms with van der Waals surface area (Å²) in [5.74, 6) is 0.746. The van der Waals surface area contributed by atoms with Crippen LogP contribution in [0.1, 0.15) is 30.2 Å². The van der Waals surface area contributed by atoms with Crippen molar-refractivity contribution in [1.82, 2.24) is 0 Å². The third kappa shape index (κ3) is 2.46. The fourth-order valence-corrected chi connectivity index (χ4v) is 3.07. The van der Waals surface area contributed by atoms with E-state index in [0.717, 1.165) is 10.4 Å². The number of hydrogen-bond acceptors (Lipinski definition) is 2. The Morgan fingerprint density at radius 1 is 1.54 bits per heavy atom. The molecule has 0 spiro atoms. The van der Waals surface area contributed by atoms with E-state index in [-0.39, 0.29) is 18.4 Å². The molecular weight excluding hydrogens is 270 g/mol. The second-order valence-corrected chi connectivity index (χ2v) is 5.24. The summed E-state index contributed by atoms with van der Waals surface area (Å²) in [5, 5.41) is 2.11. The van der Waals surface area contributed by atoms with Gasteiger partial charge in [0.2, 0.25) is 0 Å². The summed E-state index contributed by atoms with van der Waals surface area (Å²) in [6, 6.07) is 2.43. The molecule has 74 valence electrons. The van der Waals surface area contributed by atoms with Crippen LogP contribution in [0, 0.1) is 5.92 Å². The topological polar surface area (TPSA) is 26.0 Å². The predicted octanol–water partition coefficient (Wildman–Crippen LogP) is 3.73. The first kappa shape index (κ1) is 11.5. The Kier molecular flexibility index (Phi) is 4.23. The average Bonchev–Trinajstić information content (AvgIpc) is 2.31. The molecule has 13 heavy (non-hydrogen) atoms. The van der Waals surface area contributed by atoms with E-state index in [1.54, 1.807) is 11.3 Å². The van der Waals surface area contributed by atoms with Crippen LogP contribution in [0.25, 0.3) is 0 Å². The van der Waals surface area contributed by atoms with Gasteiger partial charge in [0.15, 0.2) is 0 Å². The molecule has 2 N–H and O–H groups in total. The number of thiophene rings is 1. The van der Waals surface area contributed by atoms with E-state index in [4.69, 9.17) is 5.73 Å². The van der Waals surface area contributed by atoms with Crippen LogP contribution >= 0.6 is 39.7 Å². The Bertz CT molecular complexity index is 272. The molecule has 1 heterocycles. The first-order valence-corrected chi connectivity index (χ1v) is 5.94. The van der Waals surface area contributed by atoms with E-state index >= 15 is 0 Å². The van der Waals surface area contributed by atoms with Crippen molar-refractivity contribution in [2.45, 2.75) is 25.3 Å². The summed E-state index contributed by atoms with van der Waals surface area (Å²) in [5.41, 5.74) is 6.10. The van der Waals surface area contributed by atoms with Crippen LogP contribution in [0.2, 0.25) is 0 Å². The zero-order valence-electron chi connectivity index (χ0n) is 7.20. The van der Waals surface area contributed by atoms with Gasteiger partial charge in [-0.1, -0.05) is 6.42 Å². The van der Waals surface area contributed by atoms with Gasteiger partial charge in [-0.15, -0.1) is 23.7 Å². The van der Waals surface area contributed by atoms with Crippen molar-refractivity contribution in [2.75, 3.05) is 0 Å². The summed E-state index contributed by atoms with van der Waals surface area (Å²) in [7, 11) is 0. The monoisotopic (exact) mass is 281 g/mol. The van der Waals surface area contributed by atoms with Crippen LogP contribution in [0.15, 0.2) is 15.9 Å². The highest BCUT2D eigenvalue weighted by Gasteiger charge is 2.26. The highest BCUT2D eigenvalue weighted by Crippen LogP contribution is 2.38. The van der Waals surface area contributed by atoms with E-state index in [1.807, 2.05) is 0 Å². The van der Waals surface area contributed by atoms with Crippen molar-refractivity contribution in [3.05, 3.63) is 20.8 Å². The van der Waals surface area contributed by atoms with Gasteiger partial charge >= 0.3 is 0 Å². The molecule has 0 aromatic carbocycles. The fourth-order valence-electron chi connectivity index (χ4n) is 1.53. The lowest BCUT2D eigenvalue weighted by molar-refractivity contribution is 0.267. The van der Waals surface area contributed by atoms with Crippen LogP contribution in [0.5, 0.6) is 0 Å². The molecule has 1 aliphatic carbocycles. The van der Waals surface area contributed by atoms with Crippen LogP contribution < -0.4 is 5.73 Å². The lowest BCUT2D eigenvalue weighted by Crippen LogP contribution is -2.25. The predicted molar refractivity (Wildman–Crippen MR) is 63.5 cm³/mol. The zero-order chi connectivity index (χ0) is 8.55. The quantitative estimate of drug-likeness (QED) is 0.879. The lowest BCUT2D eigenvalue weighted by atomic mass is 9.79. The van der Waals surface area contributed by atoms with Crippen molar-refractivity contribution in [3.8, 4) is 0 Å². The normalized spacial score (nSPS) is 18.9. The van der Waals surface area contributed by atoms with Gasteiger partial charge in [-0.3, -0.25) is 0 Å². The number of rotatable bonds is 2. The molecule has 1 nitrogen and oxygen atoms in total. The molecular formula is C9H13BrClNS. The maximum atomic E-state index is 6.10. The molecule has 0 aliphatic heterocycles. The first-order chi connectivity index (χ1) is 5.77. The van der Waals surface area contributed by atoms with E-state index in [2.05, 4.69) is 27.4 Å². The fraction of sp³-hybridized carbons (Fsp3) is 0.556. The van der Waals surface area contributed by atoms with Crippen molar-refractivity contribution in [2.24, 2.45) is 11.7 Å². The highest BCUT2D eigenvalue weighted by atomic mass is 79.9. The molecule has 1 aromatic heterocycles. The molecule has 0 radical (unpaired) electrons. The maximum Gasteiger partial charge on any atom is 0.0418 e. The van der Waals surface area contributed by atoms with Gasteiger partial charge in [-0.05, 0) is 40.8 Å². The molecule has 1 saturated carbocycles. The Morgan fingerprint density at radius 2 is 2.23 bits per heavy atom. The molecule has 1 aromatic rings. The minimum absolute atomic E-state index is 0. The van der Waals surface area contributed by atoms with Crippen LogP contribution in [-0.2, 0) is 0 Å². The Morgan fingerprint density at radius 3 is 2.62 bits per heavy atom. The first-order valence-electron chi connectivity index (χ1n) is 4.27.